The molecule has 1 atom stereocenters. The molecule has 2 aromatic carbocycles. The summed E-state index contributed by atoms with van der Waals surface area (Å²) < 4.78 is 5.44. The third kappa shape index (κ3) is 4.24. The molecule has 2 heterocycles. The van der Waals surface area contributed by atoms with Gasteiger partial charge in [-0.25, -0.2) is 4.79 Å². The van der Waals surface area contributed by atoms with E-state index in [9.17, 15) is 19.7 Å². The number of aromatic nitrogens is 1. The molecule has 1 saturated heterocycles. The lowest BCUT2D eigenvalue weighted by Crippen LogP contribution is -2.32. The number of pyridine rings is 1. The number of non-ortho nitro benzene ring substituents is 1. The largest absolute Gasteiger partial charge is 0.449 e. The quantitative estimate of drug-likeness (QED) is 0.335. The summed E-state index contributed by atoms with van der Waals surface area (Å²) in [6.07, 6.45) is 0.910. The Hall–Kier alpha value is -3.78. The van der Waals surface area contributed by atoms with E-state index in [1.54, 1.807) is 42.6 Å². The van der Waals surface area contributed by atoms with Crippen LogP contribution in [0.5, 0.6) is 0 Å². The van der Waals surface area contributed by atoms with Gasteiger partial charge in [0.1, 0.15) is 0 Å². The first kappa shape index (κ1) is 20.5. The second kappa shape index (κ2) is 8.53. The van der Waals surface area contributed by atoms with E-state index in [4.69, 9.17) is 16.3 Å². The summed E-state index contributed by atoms with van der Waals surface area (Å²) in [5, 5.41) is 11.2. The molecule has 0 saturated carbocycles. The molecule has 156 valence electrons. The van der Waals surface area contributed by atoms with Crippen LogP contribution in [0.2, 0.25) is 5.02 Å². The van der Waals surface area contributed by atoms with Crippen LogP contribution >= 0.6 is 11.6 Å². The van der Waals surface area contributed by atoms with Gasteiger partial charge in [0, 0.05) is 36.9 Å². The Labute approximate surface area is 182 Å². The standard InChI is InChI=1S/C22H16ClN3O5/c23-18-8-7-14(19-6-1-2-10-24-19)12-17(18)22(28)31-20-9-11-25(21(20)27)15-4-3-5-16(13-15)26(29)30/h1-8,10,12-13,20H,9,11H2. The van der Waals surface area contributed by atoms with Crippen LogP contribution in [0.15, 0.2) is 66.9 Å². The average molecular weight is 438 g/mol. The Morgan fingerprint density at radius 2 is 2.00 bits per heavy atom. The molecule has 8 nitrogen and oxygen atoms in total. The van der Waals surface area contributed by atoms with Crippen molar-refractivity contribution in [2.45, 2.75) is 12.5 Å². The molecule has 0 bridgehead atoms. The van der Waals surface area contributed by atoms with E-state index in [1.165, 1.54) is 23.1 Å². The lowest BCUT2D eigenvalue weighted by atomic mass is 10.1. The number of rotatable bonds is 5. The number of halogens is 1. The van der Waals surface area contributed by atoms with Crippen molar-refractivity contribution in [3.63, 3.8) is 0 Å². The summed E-state index contributed by atoms with van der Waals surface area (Å²) in [5.74, 6) is -1.16. The first-order valence-corrected chi connectivity index (χ1v) is 9.79. The summed E-state index contributed by atoms with van der Waals surface area (Å²) >= 11 is 6.19. The van der Waals surface area contributed by atoms with Crippen molar-refractivity contribution in [2.75, 3.05) is 11.4 Å². The van der Waals surface area contributed by atoms with Crippen LogP contribution in [0.3, 0.4) is 0 Å². The van der Waals surface area contributed by atoms with Gasteiger partial charge in [-0.3, -0.25) is 19.9 Å². The highest BCUT2D eigenvalue weighted by atomic mass is 35.5. The van der Waals surface area contributed by atoms with Gasteiger partial charge in [-0.1, -0.05) is 29.8 Å². The summed E-state index contributed by atoms with van der Waals surface area (Å²) in [6.45, 7) is 0.277. The van der Waals surface area contributed by atoms with Crippen LogP contribution < -0.4 is 4.90 Å². The minimum absolute atomic E-state index is 0.121. The molecule has 1 aromatic heterocycles. The van der Waals surface area contributed by atoms with Crippen LogP contribution in [0.1, 0.15) is 16.8 Å². The maximum atomic E-state index is 12.8. The zero-order chi connectivity index (χ0) is 22.0. The van der Waals surface area contributed by atoms with Crippen molar-refractivity contribution in [2.24, 2.45) is 0 Å². The summed E-state index contributed by atoms with van der Waals surface area (Å²) in [4.78, 5) is 41.6. The minimum atomic E-state index is -0.999. The number of carbonyl (C=O) groups excluding carboxylic acids is 2. The topological polar surface area (TPSA) is 103 Å². The van der Waals surface area contributed by atoms with E-state index in [2.05, 4.69) is 4.98 Å². The Balaban J connectivity index is 1.51. The van der Waals surface area contributed by atoms with Crippen LogP contribution in [0.25, 0.3) is 11.3 Å². The van der Waals surface area contributed by atoms with Crippen LogP contribution in [-0.2, 0) is 9.53 Å². The number of nitrogens with zero attached hydrogens (tertiary/aromatic N) is 3. The molecule has 9 heteroatoms. The van der Waals surface area contributed by atoms with Crippen LogP contribution in [-0.4, -0.2) is 34.4 Å². The van der Waals surface area contributed by atoms with Gasteiger partial charge in [0.05, 0.1) is 26.9 Å². The van der Waals surface area contributed by atoms with Gasteiger partial charge >= 0.3 is 5.97 Å². The van der Waals surface area contributed by atoms with Gasteiger partial charge in [-0.05, 0) is 30.3 Å². The van der Waals surface area contributed by atoms with Crippen molar-refractivity contribution in [3.8, 4) is 11.3 Å². The Kier molecular flexibility index (Phi) is 5.64. The first-order chi connectivity index (χ1) is 14.9. The molecule has 1 amide bonds. The van der Waals surface area contributed by atoms with E-state index in [0.29, 0.717) is 16.9 Å². The highest BCUT2D eigenvalue weighted by molar-refractivity contribution is 6.33. The Morgan fingerprint density at radius 1 is 1.16 bits per heavy atom. The van der Waals surface area contributed by atoms with Crippen molar-refractivity contribution >= 4 is 34.9 Å². The number of ether oxygens (including phenoxy) is 1. The minimum Gasteiger partial charge on any atom is -0.449 e. The van der Waals surface area contributed by atoms with Crippen molar-refractivity contribution < 1.29 is 19.2 Å². The number of amides is 1. The number of anilines is 1. The maximum Gasteiger partial charge on any atom is 0.340 e. The van der Waals surface area contributed by atoms with E-state index in [0.717, 1.165) is 0 Å². The number of hydrogen-bond acceptors (Lipinski definition) is 6. The van der Waals surface area contributed by atoms with E-state index in [1.807, 2.05) is 6.07 Å². The molecule has 0 aliphatic carbocycles. The molecule has 1 unspecified atom stereocenters. The van der Waals surface area contributed by atoms with Gasteiger partial charge in [0.2, 0.25) is 0 Å². The van der Waals surface area contributed by atoms with E-state index < -0.39 is 22.9 Å². The number of nitro benzene ring substituents is 1. The van der Waals surface area contributed by atoms with Crippen LogP contribution in [0.4, 0.5) is 11.4 Å². The fraction of sp³-hybridized carbons (Fsp3) is 0.136. The third-order valence-electron chi connectivity index (χ3n) is 4.90. The van der Waals surface area contributed by atoms with Gasteiger partial charge in [-0.15, -0.1) is 0 Å². The Bertz CT molecular complexity index is 1170. The summed E-state index contributed by atoms with van der Waals surface area (Å²) in [5.41, 5.74) is 1.75. The first-order valence-electron chi connectivity index (χ1n) is 9.42. The lowest BCUT2D eigenvalue weighted by molar-refractivity contribution is -0.384. The number of esters is 1. The molecule has 1 aliphatic rings. The molecule has 1 aliphatic heterocycles. The van der Waals surface area contributed by atoms with Gasteiger partial charge in [0.15, 0.2) is 6.10 Å². The van der Waals surface area contributed by atoms with E-state index in [-0.39, 0.29) is 29.2 Å². The number of hydrogen-bond donors (Lipinski definition) is 0. The van der Waals surface area contributed by atoms with Crippen molar-refractivity contribution in [1.82, 2.24) is 4.98 Å². The molecule has 0 spiro atoms. The third-order valence-corrected chi connectivity index (χ3v) is 5.23. The summed E-state index contributed by atoms with van der Waals surface area (Å²) in [7, 11) is 0. The van der Waals surface area contributed by atoms with Gasteiger partial charge in [-0.2, -0.15) is 0 Å². The predicted octanol–water partition coefficient (Wildman–Crippen LogP) is 4.27. The monoisotopic (exact) mass is 437 g/mol. The maximum absolute atomic E-state index is 12.8. The summed E-state index contributed by atoms with van der Waals surface area (Å²) in [6, 6.07) is 16.1. The fourth-order valence-corrected chi connectivity index (χ4v) is 3.56. The number of benzene rings is 2. The predicted molar refractivity (Wildman–Crippen MR) is 114 cm³/mol. The molecule has 31 heavy (non-hydrogen) atoms. The molecule has 4 rings (SSSR count). The zero-order valence-electron chi connectivity index (χ0n) is 16.1. The smallest absolute Gasteiger partial charge is 0.340 e. The molecule has 1 fully saturated rings. The normalized spacial score (nSPS) is 15.7. The zero-order valence-corrected chi connectivity index (χ0v) is 16.9. The second-order valence-electron chi connectivity index (χ2n) is 6.86. The van der Waals surface area contributed by atoms with Gasteiger partial charge in [0.25, 0.3) is 11.6 Å². The van der Waals surface area contributed by atoms with Crippen LogP contribution in [0, 0.1) is 10.1 Å². The lowest BCUT2D eigenvalue weighted by Gasteiger charge is -2.17. The number of carbonyl (C=O) groups is 2. The highest BCUT2D eigenvalue weighted by Gasteiger charge is 2.36. The molecular weight excluding hydrogens is 422 g/mol. The molecular formula is C22H16ClN3O5. The second-order valence-corrected chi connectivity index (χ2v) is 7.27. The molecule has 3 aromatic rings. The van der Waals surface area contributed by atoms with Crippen molar-refractivity contribution in [3.05, 3.63) is 87.6 Å². The Morgan fingerprint density at radius 3 is 2.74 bits per heavy atom. The molecule has 0 radical (unpaired) electrons. The van der Waals surface area contributed by atoms with E-state index >= 15 is 0 Å². The van der Waals surface area contributed by atoms with Crippen molar-refractivity contribution in [1.29, 1.82) is 0 Å². The van der Waals surface area contributed by atoms with Gasteiger partial charge < -0.3 is 9.64 Å². The fourth-order valence-electron chi connectivity index (χ4n) is 3.36. The average Bonchev–Trinajstić information content (AvgIpc) is 3.14. The SMILES string of the molecule is O=C(OC1CCN(c2cccc([N+](=O)[O-])c2)C1=O)c1cc(-c2ccccn2)ccc1Cl. The number of nitro groups is 1. The molecule has 0 N–H and O–H groups in total. The highest BCUT2D eigenvalue weighted by Crippen LogP contribution is 2.29.